The lowest BCUT2D eigenvalue weighted by Gasteiger charge is -2.03. The molecule has 4 heteroatoms. The molecule has 0 aliphatic carbocycles. The predicted octanol–water partition coefficient (Wildman–Crippen LogP) is 4.00. The maximum Gasteiger partial charge on any atom is 0.164 e. The van der Waals surface area contributed by atoms with Gasteiger partial charge in [0.2, 0.25) is 0 Å². The number of ketones is 1. The van der Waals surface area contributed by atoms with Gasteiger partial charge in [0.1, 0.15) is 0 Å². The number of rotatable bonds is 4. The highest BCUT2D eigenvalue weighted by atomic mass is 79.9. The first-order valence-corrected chi connectivity index (χ1v) is 5.98. The Labute approximate surface area is 102 Å². The van der Waals surface area contributed by atoms with Crippen LogP contribution in [0.15, 0.2) is 22.7 Å². The van der Waals surface area contributed by atoms with Crippen LogP contribution in [0.25, 0.3) is 0 Å². The highest BCUT2D eigenvalue weighted by molar-refractivity contribution is 9.10. The Hall–Kier alpha value is -0.0500. The van der Waals surface area contributed by atoms with Crippen molar-refractivity contribution in [3.63, 3.8) is 0 Å². The molecule has 0 amide bonds. The van der Waals surface area contributed by atoms with Gasteiger partial charge in [-0.3, -0.25) is 4.79 Å². The second-order valence-corrected chi connectivity index (χ2v) is 4.30. The van der Waals surface area contributed by atoms with Crippen LogP contribution in [0, 0.1) is 0 Å². The largest absolute Gasteiger partial charge is 0.294 e. The molecule has 0 saturated carbocycles. The number of Topliss-reactive ketones (excluding diaryl/α,β-unsaturated/α-hetero) is 1. The van der Waals surface area contributed by atoms with E-state index in [-0.39, 0.29) is 5.78 Å². The first-order valence-electron chi connectivity index (χ1n) is 4.12. The Morgan fingerprint density at radius 3 is 2.57 bits per heavy atom. The SMILES string of the molecule is O=C(CCCl)c1ccc(CCl)c(Br)c1. The standard InChI is InChI=1S/C10H9BrCl2O/c11-9-5-7(10(14)3-4-12)1-2-8(9)6-13/h1-2,5H,3-4,6H2. The Morgan fingerprint density at radius 2 is 2.07 bits per heavy atom. The molecular weight excluding hydrogens is 287 g/mol. The van der Waals surface area contributed by atoms with E-state index in [0.717, 1.165) is 10.0 Å². The van der Waals surface area contributed by atoms with E-state index in [1.165, 1.54) is 0 Å². The highest BCUT2D eigenvalue weighted by Gasteiger charge is 2.07. The molecule has 0 N–H and O–H groups in total. The van der Waals surface area contributed by atoms with Crippen LogP contribution >= 0.6 is 39.1 Å². The normalized spacial score (nSPS) is 10.2. The summed E-state index contributed by atoms with van der Waals surface area (Å²) in [6.45, 7) is 0. The molecule has 0 saturated heterocycles. The van der Waals surface area contributed by atoms with E-state index in [9.17, 15) is 4.79 Å². The van der Waals surface area contributed by atoms with E-state index in [0.29, 0.717) is 23.7 Å². The number of carbonyl (C=O) groups excluding carboxylic acids is 1. The van der Waals surface area contributed by atoms with Crippen molar-refractivity contribution in [1.29, 1.82) is 0 Å². The van der Waals surface area contributed by atoms with Crippen molar-refractivity contribution >= 4 is 44.9 Å². The number of halogens is 3. The molecule has 1 aromatic carbocycles. The quantitative estimate of drug-likeness (QED) is 0.606. The molecule has 0 aliphatic rings. The van der Waals surface area contributed by atoms with Crippen molar-refractivity contribution in [2.45, 2.75) is 12.3 Å². The molecule has 1 aromatic rings. The van der Waals surface area contributed by atoms with Crippen LogP contribution in [-0.2, 0) is 5.88 Å². The molecule has 14 heavy (non-hydrogen) atoms. The molecule has 76 valence electrons. The summed E-state index contributed by atoms with van der Waals surface area (Å²) in [6, 6.07) is 5.41. The van der Waals surface area contributed by atoms with Crippen LogP contribution in [0.5, 0.6) is 0 Å². The third-order valence-corrected chi connectivity index (χ3v) is 3.06. The fourth-order valence-electron chi connectivity index (χ4n) is 1.06. The van der Waals surface area contributed by atoms with Gasteiger partial charge in [0, 0.05) is 28.2 Å². The number of carbonyl (C=O) groups is 1. The maximum atomic E-state index is 11.5. The zero-order chi connectivity index (χ0) is 10.6. The average molecular weight is 296 g/mol. The molecule has 0 radical (unpaired) electrons. The minimum absolute atomic E-state index is 0.0572. The van der Waals surface area contributed by atoms with Gasteiger partial charge in [-0.05, 0) is 11.6 Å². The van der Waals surface area contributed by atoms with Crippen molar-refractivity contribution < 1.29 is 4.79 Å². The Kier molecular flexibility index (Phi) is 4.93. The lowest BCUT2D eigenvalue weighted by atomic mass is 10.1. The van der Waals surface area contributed by atoms with E-state index < -0.39 is 0 Å². The van der Waals surface area contributed by atoms with E-state index in [1.807, 2.05) is 6.07 Å². The summed E-state index contributed by atoms with van der Waals surface area (Å²) in [5, 5.41) is 0. The first kappa shape index (κ1) is 12.0. The van der Waals surface area contributed by atoms with Gasteiger partial charge in [-0.1, -0.05) is 28.1 Å². The Balaban J connectivity index is 2.91. The van der Waals surface area contributed by atoms with Crippen molar-refractivity contribution in [3.05, 3.63) is 33.8 Å². The topological polar surface area (TPSA) is 17.1 Å². The molecule has 1 rings (SSSR count). The smallest absolute Gasteiger partial charge is 0.164 e. The monoisotopic (exact) mass is 294 g/mol. The molecule has 0 unspecified atom stereocenters. The molecular formula is C10H9BrCl2O. The van der Waals surface area contributed by atoms with Gasteiger partial charge in [-0.25, -0.2) is 0 Å². The summed E-state index contributed by atoms with van der Waals surface area (Å²) in [5.41, 5.74) is 1.65. The summed E-state index contributed by atoms with van der Waals surface area (Å²) in [5.74, 6) is 0.847. The van der Waals surface area contributed by atoms with Gasteiger partial charge in [0.05, 0.1) is 0 Å². The molecule has 0 fully saturated rings. The average Bonchev–Trinajstić information content (AvgIpc) is 2.18. The number of benzene rings is 1. The summed E-state index contributed by atoms with van der Waals surface area (Å²) >= 11 is 14.5. The van der Waals surface area contributed by atoms with Crippen molar-refractivity contribution in [2.75, 3.05) is 5.88 Å². The van der Waals surface area contributed by atoms with Crippen LogP contribution in [0.4, 0.5) is 0 Å². The minimum atomic E-state index is 0.0572. The molecule has 0 heterocycles. The predicted molar refractivity (Wildman–Crippen MR) is 63.4 cm³/mol. The third kappa shape index (κ3) is 2.97. The van der Waals surface area contributed by atoms with Gasteiger partial charge in [0.15, 0.2) is 5.78 Å². The Bertz CT molecular complexity index is 339. The minimum Gasteiger partial charge on any atom is -0.294 e. The fourth-order valence-corrected chi connectivity index (χ4v) is 2.14. The van der Waals surface area contributed by atoms with E-state index in [2.05, 4.69) is 15.9 Å². The van der Waals surface area contributed by atoms with E-state index >= 15 is 0 Å². The lowest BCUT2D eigenvalue weighted by molar-refractivity contribution is 0.0989. The summed E-state index contributed by atoms with van der Waals surface area (Å²) in [6.07, 6.45) is 0.369. The molecule has 0 spiro atoms. The van der Waals surface area contributed by atoms with E-state index in [1.54, 1.807) is 12.1 Å². The zero-order valence-corrected chi connectivity index (χ0v) is 10.5. The third-order valence-electron chi connectivity index (χ3n) is 1.84. The van der Waals surface area contributed by atoms with Gasteiger partial charge >= 0.3 is 0 Å². The number of hydrogen-bond acceptors (Lipinski definition) is 1. The van der Waals surface area contributed by atoms with Gasteiger partial charge in [0.25, 0.3) is 0 Å². The molecule has 0 aliphatic heterocycles. The number of alkyl halides is 2. The Morgan fingerprint density at radius 1 is 1.36 bits per heavy atom. The lowest BCUT2D eigenvalue weighted by Crippen LogP contribution is -2.00. The van der Waals surface area contributed by atoms with Crippen LogP contribution < -0.4 is 0 Å². The van der Waals surface area contributed by atoms with Crippen molar-refractivity contribution in [2.24, 2.45) is 0 Å². The van der Waals surface area contributed by atoms with Crippen LogP contribution in [0.2, 0.25) is 0 Å². The van der Waals surface area contributed by atoms with Crippen LogP contribution in [0.1, 0.15) is 22.3 Å². The number of hydrogen-bond donors (Lipinski definition) is 0. The second-order valence-electron chi connectivity index (χ2n) is 2.80. The fraction of sp³-hybridized carbons (Fsp3) is 0.300. The maximum absolute atomic E-state index is 11.5. The van der Waals surface area contributed by atoms with Crippen molar-refractivity contribution in [3.8, 4) is 0 Å². The molecule has 0 atom stereocenters. The van der Waals surface area contributed by atoms with Crippen molar-refractivity contribution in [1.82, 2.24) is 0 Å². The molecule has 0 bridgehead atoms. The summed E-state index contributed by atoms with van der Waals surface area (Å²) in [4.78, 5) is 11.5. The van der Waals surface area contributed by atoms with Crippen LogP contribution in [-0.4, -0.2) is 11.7 Å². The summed E-state index contributed by atoms with van der Waals surface area (Å²) < 4.78 is 0.868. The van der Waals surface area contributed by atoms with Gasteiger partial charge in [-0.2, -0.15) is 0 Å². The molecule has 1 nitrogen and oxygen atoms in total. The first-order chi connectivity index (χ1) is 6.69. The highest BCUT2D eigenvalue weighted by Crippen LogP contribution is 2.21. The van der Waals surface area contributed by atoms with Gasteiger partial charge < -0.3 is 0 Å². The second kappa shape index (κ2) is 5.74. The summed E-state index contributed by atoms with van der Waals surface area (Å²) in [7, 11) is 0. The van der Waals surface area contributed by atoms with E-state index in [4.69, 9.17) is 23.2 Å². The van der Waals surface area contributed by atoms with Gasteiger partial charge in [-0.15, -0.1) is 23.2 Å². The molecule has 0 aromatic heterocycles. The zero-order valence-electron chi connectivity index (χ0n) is 7.40. The van der Waals surface area contributed by atoms with Crippen LogP contribution in [0.3, 0.4) is 0 Å².